The Morgan fingerprint density at radius 1 is 1.24 bits per heavy atom. The monoisotopic (exact) mass is 467 g/mol. The maximum absolute atomic E-state index is 14.9. The van der Waals surface area contributed by atoms with Crippen LogP contribution in [0, 0.1) is 5.82 Å². The number of halogens is 4. The summed E-state index contributed by atoms with van der Waals surface area (Å²) in [6, 6.07) is 2.68. The number of fused-ring (bicyclic) bond motifs is 3. The fourth-order valence-corrected chi connectivity index (χ4v) is 4.74. The fraction of sp³-hybridized carbons (Fsp3) is 0.524. The summed E-state index contributed by atoms with van der Waals surface area (Å²) in [7, 11) is 0. The molecule has 0 aliphatic carbocycles. The minimum absolute atomic E-state index is 0.0361. The van der Waals surface area contributed by atoms with Gasteiger partial charge in [-0.25, -0.2) is 9.18 Å². The maximum Gasteiger partial charge on any atom is 0.491 e. The van der Waals surface area contributed by atoms with Crippen molar-refractivity contribution in [2.75, 3.05) is 0 Å². The molecule has 1 N–H and O–H groups in total. The summed E-state index contributed by atoms with van der Waals surface area (Å²) in [5.41, 5.74) is 0.0460. The van der Waals surface area contributed by atoms with E-state index in [4.69, 9.17) is 4.52 Å². The number of carbonyl (C=O) groups excluding carboxylic acids is 1. The van der Waals surface area contributed by atoms with Crippen molar-refractivity contribution in [2.24, 2.45) is 0 Å². The number of nitrogens with one attached hydrogen (secondary N) is 1. The molecule has 2 aliphatic rings. The molecule has 2 aromatic heterocycles. The minimum atomic E-state index is -5.20. The summed E-state index contributed by atoms with van der Waals surface area (Å²) in [6.07, 6.45) is -1.32. The fourth-order valence-electron chi connectivity index (χ4n) is 4.74. The molecule has 33 heavy (non-hydrogen) atoms. The van der Waals surface area contributed by atoms with Crippen LogP contribution >= 0.6 is 0 Å². The smallest absolute Gasteiger partial charge is 0.419 e. The van der Waals surface area contributed by atoms with Crippen LogP contribution in [0.25, 0.3) is 16.9 Å². The molecule has 2 aliphatic heterocycles. The first kappa shape index (κ1) is 21.8. The first-order valence-electron chi connectivity index (χ1n) is 10.7. The van der Waals surface area contributed by atoms with Gasteiger partial charge >= 0.3 is 12.1 Å². The number of hydrogen-bond acceptors (Lipinski definition) is 7. The van der Waals surface area contributed by atoms with Crippen LogP contribution < -0.4 is 10.1 Å². The van der Waals surface area contributed by atoms with Gasteiger partial charge in [-0.05, 0) is 48.9 Å². The number of esters is 1. The molecule has 5 rings (SSSR count). The standard InChI is InChI=1S/C21H21F4N5O3/c1-9(2)16-15-14(32-19(31)21(23,24)25)6-5-13(22)17(15)30(28-16)20-27-18(33-29-20)10-7-11-3-4-12(8-10)26-11/h5-6,9-12,26H,3-4,7-8H2,1-2H3. The highest BCUT2D eigenvalue weighted by atomic mass is 19.4. The molecular weight excluding hydrogens is 446 g/mol. The quantitative estimate of drug-likeness (QED) is 0.350. The number of rotatable bonds is 4. The lowest BCUT2D eigenvalue weighted by molar-refractivity contribution is -0.189. The third kappa shape index (κ3) is 3.85. The van der Waals surface area contributed by atoms with Crippen molar-refractivity contribution in [1.82, 2.24) is 25.2 Å². The molecule has 8 nitrogen and oxygen atoms in total. The molecule has 176 valence electrons. The molecular formula is C21H21F4N5O3. The second-order valence-electron chi connectivity index (χ2n) is 8.85. The van der Waals surface area contributed by atoms with Crippen LogP contribution in [0.3, 0.4) is 0 Å². The van der Waals surface area contributed by atoms with Crippen LogP contribution in [0.15, 0.2) is 16.7 Å². The highest BCUT2D eigenvalue weighted by Gasteiger charge is 2.42. The summed E-state index contributed by atoms with van der Waals surface area (Å²) in [5, 5.41) is 11.8. The van der Waals surface area contributed by atoms with Crippen LogP contribution in [0.2, 0.25) is 0 Å². The van der Waals surface area contributed by atoms with E-state index in [2.05, 4.69) is 25.3 Å². The van der Waals surface area contributed by atoms with E-state index in [9.17, 15) is 22.4 Å². The molecule has 0 spiro atoms. The number of ether oxygens (including phenoxy) is 1. The zero-order valence-electron chi connectivity index (χ0n) is 17.8. The largest absolute Gasteiger partial charge is 0.491 e. The van der Waals surface area contributed by atoms with Gasteiger partial charge in [0, 0.05) is 18.0 Å². The van der Waals surface area contributed by atoms with E-state index < -0.39 is 23.7 Å². The van der Waals surface area contributed by atoms with Crippen LogP contribution in [-0.2, 0) is 4.79 Å². The third-order valence-corrected chi connectivity index (χ3v) is 6.19. The summed E-state index contributed by atoms with van der Waals surface area (Å²) in [6.45, 7) is 3.47. The lowest BCUT2D eigenvalue weighted by atomic mass is 9.92. The maximum atomic E-state index is 14.9. The van der Waals surface area contributed by atoms with Crippen LogP contribution in [0.4, 0.5) is 17.6 Å². The molecule has 2 fully saturated rings. The lowest BCUT2D eigenvalue weighted by Crippen LogP contribution is -2.37. The molecule has 0 radical (unpaired) electrons. The van der Waals surface area contributed by atoms with Gasteiger partial charge < -0.3 is 14.6 Å². The summed E-state index contributed by atoms with van der Waals surface area (Å²) in [4.78, 5) is 15.9. The van der Waals surface area contributed by atoms with Crippen molar-refractivity contribution in [3.8, 4) is 11.7 Å². The van der Waals surface area contributed by atoms with Crippen molar-refractivity contribution in [2.45, 2.75) is 69.6 Å². The highest BCUT2D eigenvalue weighted by molar-refractivity contribution is 5.92. The molecule has 3 aromatic rings. The van der Waals surface area contributed by atoms with Crippen molar-refractivity contribution < 1.29 is 31.6 Å². The van der Waals surface area contributed by atoms with E-state index in [0.29, 0.717) is 18.0 Å². The summed E-state index contributed by atoms with van der Waals surface area (Å²) >= 11 is 0. The first-order chi connectivity index (χ1) is 15.6. The third-order valence-electron chi connectivity index (χ3n) is 6.19. The van der Waals surface area contributed by atoms with E-state index in [1.807, 2.05) is 0 Å². The van der Waals surface area contributed by atoms with Crippen molar-refractivity contribution >= 4 is 16.9 Å². The molecule has 2 unspecified atom stereocenters. The van der Waals surface area contributed by atoms with Crippen LogP contribution in [-0.4, -0.2) is 44.2 Å². The zero-order valence-corrected chi connectivity index (χ0v) is 17.8. The first-order valence-corrected chi connectivity index (χ1v) is 10.7. The molecule has 1 aromatic carbocycles. The summed E-state index contributed by atoms with van der Waals surface area (Å²) < 4.78 is 64.4. The van der Waals surface area contributed by atoms with E-state index in [1.165, 1.54) is 0 Å². The van der Waals surface area contributed by atoms with E-state index in [1.54, 1.807) is 13.8 Å². The number of aromatic nitrogens is 4. The van der Waals surface area contributed by atoms with Crippen molar-refractivity contribution in [1.29, 1.82) is 0 Å². The average molecular weight is 467 g/mol. The van der Waals surface area contributed by atoms with Gasteiger partial charge in [-0.2, -0.15) is 27.9 Å². The molecule has 2 bridgehead atoms. The Kier molecular flexibility index (Phi) is 5.15. The van der Waals surface area contributed by atoms with Gasteiger partial charge in [-0.1, -0.05) is 13.8 Å². The van der Waals surface area contributed by atoms with Crippen LogP contribution in [0.5, 0.6) is 5.75 Å². The Balaban J connectivity index is 1.57. The summed E-state index contributed by atoms with van der Waals surface area (Å²) in [5.74, 6) is -3.51. The second kappa shape index (κ2) is 7.79. The van der Waals surface area contributed by atoms with Gasteiger partial charge in [-0.15, -0.1) is 0 Å². The molecule has 4 heterocycles. The average Bonchev–Trinajstić information content (AvgIpc) is 3.46. The number of benzene rings is 1. The molecule has 2 atom stereocenters. The normalized spacial score (nSPS) is 22.9. The molecule has 12 heteroatoms. The number of hydrogen-bond donors (Lipinski definition) is 1. The van der Waals surface area contributed by atoms with E-state index in [-0.39, 0.29) is 34.4 Å². The second-order valence-corrected chi connectivity index (χ2v) is 8.85. The van der Waals surface area contributed by atoms with E-state index in [0.717, 1.165) is 42.5 Å². The molecule has 2 saturated heterocycles. The number of carbonyl (C=O) groups is 1. The number of nitrogens with zero attached hydrogens (tertiary/aromatic N) is 4. The van der Waals surface area contributed by atoms with E-state index >= 15 is 0 Å². The zero-order chi connectivity index (χ0) is 23.5. The topological polar surface area (TPSA) is 95.1 Å². The van der Waals surface area contributed by atoms with Gasteiger partial charge in [-0.3, -0.25) is 0 Å². The van der Waals surface area contributed by atoms with Gasteiger partial charge in [0.25, 0.3) is 5.95 Å². The van der Waals surface area contributed by atoms with Crippen molar-refractivity contribution in [3.63, 3.8) is 0 Å². The van der Waals surface area contributed by atoms with Gasteiger partial charge in [0.1, 0.15) is 17.1 Å². The van der Waals surface area contributed by atoms with Crippen molar-refractivity contribution in [3.05, 3.63) is 29.5 Å². The Labute approximate surface area is 185 Å². The van der Waals surface area contributed by atoms with Gasteiger partial charge in [0.05, 0.1) is 11.1 Å². The van der Waals surface area contributed by atoms with Gasteiger partial charge in [0.15, 0.2) is 0 Å². The van der Waals surface area contributed by atoms with Gasteiger partial charge in [0.2, 0.25) is 5.89 Å². The Morgan fingerprint density at radius 3 is 2.58 bits per heavy atom. The Hall–Kier alpha value is -3.02. The minimum Gasteiger partial charge on any atom is -0.419 e. The number of alkyl halides is 3. The predicted molar refractivity (Wildman–Crippen MR) is 107 cm³/mol. The lowest BCUT2D eigenvalue weighted by Gasteiger charge is -2.26. The number of piperidine rings is 1. The highest BCUT2D eigenvalue weighted by Crippen LogP contribution is 2.38. The van der Waals surface area contributed by atoms with Crippen LogP contribution in [0.1, 0.15) is 63.0 Å². The SMILES string of the molecule is CC(C)c1nn(-c2noc(C3CC4CCC(C3)N4)n2)c2c(F)ccc(OC(=O)C(F)(F)F)c12. The molecule has 0 saturated carbocycles. The predicted octanol–water partition coefficient (Wildman–Crippen LogP) is 4.14. The Morgan fingerprint density at radius 2 is 1.94 bits per heavy atom. The molecule has 0 amide bonds. The Bertz CT molecular complexity index is 1210.